The number of esters is 1. The zero-order valence-corrected chi connectivity index (χ0v) is 19.0. The molecular formula is C21H25Cl2N5O3. The van der Waals surface area contributed by atoms with Crippen molar-refractivity contribution in [3.8, 4) is 28.5 Å². The van der Waals surface area contributed by atoms with Gasteiger partial charge in [-0.1, -0.05) is 0 Å². The molecule has 0 saturated heterocycles. The van der Waals surface area contributed by atoms with Gasteiger partial charge >= 0.3 is 5.97 Å². The van der Waals surface area contributed by atoms with Crippen molar-refractivity contribution in [2.24, 2.45) is 5.73 Å². The summed E-state index contributed by atoms with van der Waals surface area (Å²) in [7, 11) is 3.02. The fraction of sp³-hybridized carbons (Fsp3) is 0.333. The second-order valence-corrected chi connectivity index (χ2v) is 6.83. The second kappa shape index (κ2) is 10.6. The molecule has 0 bridgehead atoms. The number of ether oxygens (including phenoxy) is 2. The molecule has 0 unspecified atom stereocenters. The normalized spacial score (nSPS) is 11.5. The largest absolute Gasteiger partial charge is 0.497 e. The molecule has 0 radical (unpaired) electrons. The maximum Gasteiger partial charge on any atom is 0.356 e. The standard InChI is InChI=1S/C21H23N5O3.2ClH/c1-28-15-7-4-13(5-8-15)20-23-12-14-6-9-16-18(17(14)24-20)25-26(11-3-10-22)19(16)21(27)29-2;;/h4-5,7-8,12H,3,6,9-11,22H2,1-2H3;2*1H. The van der Waals surface area contributed by atoms with Crippen LogP contribution in [0, 0.1) is 0 Å². The lowest BCUT2D eigenvalue weighted by molar-refractivity contribution is 0.0585. The van der Waals surface area contributed by atoms with E-state index in [1.807, 2.05) is 30.5 Å². The lowest BCUT2D eigenvalue weighted by Gasteiger charge is -2.15. The average Bonchev–Trinajstić information content (AvgIpc) is 3.15. The molecule has 1 aliphatic rings. The van der Waals surface area contributed by atoms with Gasteiger partial charge in [-0.3, -0.25) is 4.68 Å². The fourth-order valence-electron chi connectivity index (χ4n) is 3.59. The first kappa shape index (κ1) is 24.6. The van der Waals surface area contributed by atoms with Gasteiger partial charge in [-0.05, 0) is 55.6 Å². The zero-order chi connectivity index (χ0) is 20.4. The van der Waals surface area contributed by atoms with Crippen LogP contribution in [0.5, 0.6) is 5.75 Å². The number of aromatic nitrogens is 4. The van der Waals surface area contributed by atoms with Crippen molar-refractivity contribution in [2.75, 3.05) is 20.8 Å². The van der Waals surface area contributed by atoms with Crippen LogP contribution in [0.2, 0.25) is 0 Å². The van der Waals surface area contributed by atoms with E-state index in [9.17, 15) is 4.79 Å². The molecule has 31 heavy (non-hydrogen) atoms. The highest BCUT2D eigenvalue weighted by Gasteiger charge is 2.30. The summed E-state index contributed by atoms with van der Waals surface area (Å²) in [5.41, 5.74) is 10.4. The van der Waals surface area contributed by atoms with Gasteiger partial charge in [0.1, 0.15) is 17.1 Å². The Morgan fingerprint density at radius 3 is 2.52 bits per heavy atom. The predicted octanol–water partition coefficient (Wildman–Crippen LogP) is 3.09. The second-order valence-electron chi connectivity index (χ2n) is 6.83. The summed E-state index contributed by atoms with van der Waals surface area (Å²) in [4.78, 5) is 21.8. The number of carbonyl (C=O) groups excluding carboxylic acids is 1. The summed E-state index contributed by atoms with van der Waals surface area (Å²) in [6.45, 7) is 1.07. The minimum absolute atomic E-state index is 0. The smallest absolute Gasteiger partial charge is 0.356 e. The predicted molar refractivity (Wildman–Crippen MR) is 122 cm³/mol. The number of methoxy groups -OCH3 is 2. The molecule has 3 aromatic rings. The molecule has 0 atom stereocenters. The van der Waals surface area contributed by atoms with Crippen LogP contribution in [-0.4, -0.2) is 46.5 Å². The molecule has 0 amide bonds. The summed E-state index contributed by atoms with van der Waals surface area (Å²) < 4.78 is 11.9. The fourth-order valence-corrected chi connectivity index (χ4v) is 3.59. The monoisotopic (exact) mass is 465 g/mol. The molecule has 8 nitrogen and oxygen atoms in total. The van der Waals surface area contributed by atoms with E-state index in [-0.39, 0.29) is 30.8 Å². The highest BCUT2D eigenvalue weighted by atomic mass is 35.5. The van der Waals surface area contributed by atoms with Gasteiger partial charge in [0.25, 0.3) is 0 Å². The third-order valence-corrected chi connectivity index (χ3v) is 5.08. The van der Waals surface area contributed by atoms with E-state index in [2.05, 4.69) is 4.98 Å². The van der Waals surface area contributed by atoms with Gasteiger partial charge in [-0.25, -0.2) is 14.8 Å². The van der Waals surface area contributed by atoms with Crippen molar-refractivity contribution >= 4 is 30.8 Å². The van der Waals surface area contributed by atoms with Crippen LogP contribution in [-0.2, 0) is 24.1 Å². The van der Waals surface area contributed by atoms with Gasteiger partial charge in [0.05, 0.1) is 19.9 Å². The van der Waals surface area contributed by atoms with E-state index in [0.29, 0.717) is 31.0 Å². The van der Waals surface area contributed by atoms with Crippen molar-refractivity contribution in [2.45, 2.75) is 25.8 Å². The van der Waals surface area contributed by atoms with E-state index >= 15 is 0 Å². The quantitative estimate of drug-likeness (QED) is 0.557. The summed E-state index contributed by atoms with van der Waals surface area (Å²) in [5.74, 6) is 0.995. The number of benzene rings is 1. The summed E-state index contributed by atoms with van der Waals surface area (Å²) in [5, 5.41) is 4.71. The molecule has 0 saturated carbocycles. The molecule has 2 aromatic heterocycles. The van der Waals surface area contributed by atoms with Crippen LogP contribution in [0.25, 0.3) is 22.8 Å². The Bertz CT molecular complexity index is 1050. The third kappa shape index (κ3) is 4.66. The van der Waals surface area contributed by atoms with Crippen molar-refractivity contribution in [3.05, 3.63) is 47.3 Å². The van der Waals surface area contributed by atoms with Crippen LogP contribution >= 0.6 is 24.8 Å². The van der Waals surface area contributed by atoms with E-state index in [0.717, 1.165) is 46.7 Å². The maximum atomic E-state index is 12.4. The number of hydrogen-bond acceptors (Lipinski definition) is 7. The first-order chi connectivity index (χ1) is 14.2. The molecule has 4 rings (SSSR count). The average molecular weight is 466 g/mol. The molecular weight excluding hydrogens is 441 g/mol. The Balaban J connectivity index is 0.00000171. The molecule has 2 heterocycles. The minimum Gasteiger partial charge on any atom is -0.497 e. The maximum absolute atomic E-state index is 12.4. The van der Waals surface area contributed by atoms with Crippen molar-refractivity contribution in [3.63, 3.8) is 0 Å². The Labute approximate surface area is 193 Å². The van der Waals surface area contributed by atoms with Gasteiger partial charge < -0.3 is 15.2 Å². The number of halogens is 2. The first-order valence-electron chi connectivity index (χ1n) is 9.55. The number of fused-ring (bicyclic) bond motifs is 3. The number of hydrogen-bond donors (Lipinski definition) is 1. The van der Waals surface area contributed by atoms with E-state index in [4.69, 9.17) is 25.3 Å². The number of nitrogens with two attached hydrogens (primary N) is 1. The van der Waals surface area contributed by atoms with Gasteiger partial charge in [0.15, 0.2) is 5.82 Å². The van der Waals surface area contributed by atoms with E-state index in [1.165, 1.54) is 7.11 Å². The molecule has 1 aliphatic carbocycles. The highest BCUT2D eigenvalue weighted by molar-refractivity contribution is 5.92. The number of aryl methyl sites for hydroxylation is 2. The van der Waals surface area contributed by atoms with E-state index in [1.54, 1.807) is 11.8 Å². The zero-order valence-electron chi connectivity index (χ0n) is 17.3. The molecule has 1 aromatic carbocycles. The van der Waals surface area contributed by atoms with Crippen molar-refractivity contribution in [1.29, 1.82) is 0 Å². The van der Waals surface area contributed by atoms with E-state index < -0.39 is 0 Å². The Morgan fingerprint density at radius 2 is 1.87 bits per heavy atom. The number of rotatable bonds is 6. The van der Waals surface area contributed by atoms with Crippen molar-refractivity contribution < 1.29 is 14.3 Å². The lowest BCUT2D eigenvalue weighted by Crippen LogP contribution is -2.16. The van der Waals surface area contributed by atoms with Crippen LogP contribution in [0.15, 0.2) is 30.5 Å². The Kier molecular flexibility index (Phi) is 8.38. The SMILES string of the molecule is COC(=O)c1c2c(nn1CCCN)-c1nc(-c3ccc(OC)cc3)ncc1CC2.Cl.Cl. The van der Waals surface area contributed by atoms with Gasteiger partial charge in [-0.2, -0.15) is 5.10 Å². The summed E-state index contributed by atoms with van der Waals surface area (Å²) in [6.07, 6.45) is 4.01. The van der Waals surface area contributed by atoms with Crippen LogP contribution in [0.4, 0.5) is 0 Å². The molecule has 0 spiro atoms. The minimum atomic E-state index is -0.386. The van der Waals surface area contributed by atoms with Gasteiger partial charge in [-0.15, -0.1) is 24.8 Å². The van der Waals surface area contributed by atoms with Crippen LogP contribution in [0.3, 0.4) is 0 Å². The summed E-state index contributed by atoms with van der Waals surface area (Å²) >= 11 is 0. The van der Waals surface area contributed by atoms with Crippen LogP contribution in [0.1, 0.15) is 28.0 Å². The van der Waals surface area contributed by atoms with Gasteiger partial charge in [0.2, 0.25) is 0 Å². The molecule has 0 fully saturated rings. The van der Waals surface area contributed by atoms with Gasteiger partial charge in [0, 0.05) is 23.9 Å². The molecule has 166 valence electrons. The Morgan fingerprint density at radius 1 is 1.13 bits per heavy atom. The third-order valence-electron chi connectivity index (χ3n) is 5.08. The Hall–Kier alpha value is -2.68. The summed E-state index contributed by atoms with van der Waals surface area (Å²) in [6, 6.07) is 7.59. The van der Waals surface area contributed by atoms with Crippen molar-refractivity contribution in [1.82, 2.24) is 19.7 Å². The molecule has 2 N–H and O–H groups in total. The topological polar surface area (TPSA) is 105 Å². The molecule has 0 aliphatic heterocycles. The molecule has 10 heteroatoms. The first-order valence-corrected chi connectivity index (χ1v) is 9.55. The number of nitrogens with zero attached hydrogens (tertiary/aromatic N) is 4. The van der Waals surface area contributed by atoms with Crippen LogP contribution < -0.4 is 10.5 Å². The number of carbonyl (C=O) groups is 1. The highest BCUT2D eigenvalue weighted by Crippen LogP contribution is 2.34. The lowest BCUT2D eigenvalue weighted by atomic mass is 9.93.